The van der Waals surface area contributed by atoms with Crippen LogP contribution in [0.2, 0.25) is 0 Å². The van der Waals surface area contributed by atoms with E-state index in [0.29, 0.717) is 6.10 Å². The number of hydrogen-bond acceptors (Lipinski definition) is 1. The molecular formula is C15H28O. The summed E-state index contributed by atoms with van der Waals surface area (Å²) >= 11 is 0. The van der Waals surface area contributed by atoms with E-state index in [1.54, 1.807) is 0 Å². The van der Waals surface area contributed by atoms with Gasteiger partial charge in [0.1, 0.15) is 0 Å². The molecule has 0 N–H and O–H groups in total. The molecule has 0 aromatic carbocycles. The molecule has 1 heteroatoms. The summed E-state index contributed by atoms with van der Waals surface area (Å²) in [5.74, 6) is 0.829. The van der Waals surface area contributed by atoms with Crippen molar-refractivity contribution in [2.75, 3.05) is 0 Å². The van der Waals surface area contributed by atoms with Crippen LogP contribution >= 0.6 is 0 Å². The van der Waals surface area contributed by atoms with Gasteiger partial charge in [-0.1, -0.05) is 38.5 Å². The Kier molecular flexibility index (Phi) is 4.29. The second kappa shape index (κ2) is 5.53. The summed E-state index contributed by atoms with van der Waals surface area (Å²) < 4.78 is 6.39. The lowest BCUT2D eigenvalue weighted by Crippen LogP contribution is -2.39. The molecule has 2 atom stereocenters. The minimum Gasteiger partial charge on any atom is -0.372 e. The van der Waals surface area contributed by atoms with E-state index in [-0.39, 0.29) is 5.60 Å². The van der Waals surface area contributed by atoms with E-state index in [2.05, 4.69) is 13.8 Å². The molecule has 1 heterocycles. The molecule has 94 valence electrons. The second-order valence-corrected chi connectivity index (χ2v) is 6.18. The fraction of sp³-hybridized carbons (Fsp3) is 1.00. The number of rotatable bonds is 1. The van der Waals surface area contributed by atoms with E-state index in [4.69, 9.17) is 4.74 Å². The SMILES string of the molecule is CC1CCCCC(C)(C2CCCCCC2)O1. The van der Waals surface area contributed by atoms with E-state index in [0.717, 1.165) is 5.92 Å². The van der Waals surface area contributed by atoms with Gasteiger partial charge in [-0.25, -0.2) is 0 Å². The highest BCUT2D eigenvalue weighted by atomic mass is 16.5. The summed E-state index contributed by atoms with van der Waals surface area (Å²) in [6.45, 7) is 4.66. The first-order valence-electron chi connectivity index (χ1n) is 7.38. The van der Waals surface area contributed by atoms with Crippen LogP contribution in [-0.4, -0.2) is 11.7 Å². The maximum Gasteiger partial charge on any atom is 0.0686 e. The topological polar surface area (TPSA) is 9.23 Å². The largest absolute Gasteiger partial charge is 0.372 e. The zero-order valence-corrected chi connectivity index (χ0v) is 11.1. The van der Waals surface area contributed by atoms with E-state index in [1.807, 2.05) is 0 Å². The van der Waals surface area contributed by atoms with Crippen molar-refractivity contribution < 1.29 is 4.74 Å². The minimum atomic E-state index is 0.195. The first kappa shape index (κ1) is 12.4. The molecule has 16 heavy (non-hydrogen) atoms. The Labute approximate surface area is 101 Å². The average molecular weight is 224 g/mol. The van der Waals surface area contributed by atoms with Crippen LogP contribution in [0.1, 0.15) is 78.1 Å². The molecule has 1 aliphatic carbocycles. The van der Waals surface area contributed by atoms with Crippen molar-refractivity contribution in [3.05, 3.63) is 0 Å². The summed E-state index contributed by atoms with van der Waals surface area (Å²) in [6.07, 6.45) is 14.3. The van der Waals surface area contributed by atoms with Gasteiger partial charge >= 0.3 is 0 Å². The third kappa shape index (κ3) is 3.00. The number of ether oxygens (including phenoxy) is 1. The van der Waals surface area contributed by atoms with Crippen LogP contribution in [-0.2, 0) is 4.74 Å². The summed E-state index contributed by atoms with van der Waals surface area (Å²) in [4.78, 5) is 0. The van der Waals surface area contributed by atoms with Crippen LogP contribution in [0.25, 0.3) is 0 Å². The smallest absolute Gasteiger partial charge is 0.0686 e. The summed E-state index contributed by atoms with van der Waals surface area (Å²) in [7, 11) is 0. The van der Waals surface area contributed by atoms with Gasteiger partial charge in [0.25, 0.3) is 0 Å². The molecule has 1 saturated heterocycles. The van der Waals surface area contributed by atoms with Gasteiger partial charge in [-0.05, 0) is 45.4 Å². The van der Waals surface area contributed by atoms with Crippen LogP contribution < -0.4 is 0 Å². The van der Waals surface area contributed by atoms with E-state index in [1.165, 1.54) is 64.2 Å². The van der Waals surface area contributed by atoms with Crippen LogP contribution in [0.5, 0.6) is 0 Å². The molecule has 1 aliphatic heterocycles. The van der Waals surface area contributed by atoms with Crippen LogP contribution in [0.4, 0.5) is 0 Å². The lowest BCUT2D eigenvalue weighted by molar-refractivity contribution is -0.111. The Morgan fingerprint density at radius 2 is 1.50 bits per heavy atom. The van der Waals surface area contributed by atoms with E-state index >= 15 is 0 Å². The van der Waals surface area contributed by atoms with Crippen LogP contribution in [0.15, 0.2) is 0 Å². The second-order valence-electron chi connectivity index (χ2n) is 6.18. The average Bonchev–Trinajstić information content (AvgIpc) is 2.59. The Hall–Kier alpha value is -0.0400. The molecule has 2 aliphatic rings. The lowest BCUT2D eigenvalue weighted by Gasteiger charge is -2.38. The van der Waals surface area contributed by atoms with Gasteiger partial charge in [0.15, 0.2) is 0 Å². The predicted molar refractivity (Wildman–Crippen MR) is 68.6 cm³/mol. The van der Waals surface area contributed by atoms with Crippen molar-refractivity contribution in [1.29, 1.82) is 0 Å². The van der Waals surface area contributed by atoms with Gasteiger partial charge in [-0.2, -0.15) is 0 Å². The predicted octanol–water partition coefficient (Wildman–Crippen LogP) is 4.69. The molecule has 2 rings (SSSR count). The highest BCUT2D eigenvalue weighted by molar-refractivity contribution is 4.87. The summed E-state index contributed by atoms with van der Waals surface area (Å²) in [5.41, 5.74) is 0.195. The summed E-state index contributed by atoms with van der Waals surface area (Å²) in [5, 5.41) is 0. The monoisotopic (exact) mass is 224 g/mol. The van der Waals surface area contributed by atoms with Gasteiger partial charge in [0.2, 0.25) is 0 Å². The van der Waals surface area contributed by atoms with E-state index in [9.17, 15) is 0 Å². The lowest BCUT2D eigenvalue weighted by atomic mass is 9.80. The zero-order chi connectivity index (χ0) is 11.4. The zero-order valence-electron chi connectivity index (χ0n) is 11.1. The molecule has 0 aromatic heterocycles. The molecule has 2 unspecified atom stereocenters. The van der Waals surface area contributed by atoms with Gasteiger partial charge in [-0.3, -0.25) is 0 Å². The van der Waals surface area contributed by atoms with Crippen molar-refractivity contribution in [3.8, 4) is 0 Å². The third-order valence-electron chi connectivity index (χ3n) is 4.72. The van der Waals surface area contributed by atoms with Crippen molar-refractivity contribution in [3.63, 3.8) is 0 Å². The Balaban J connectivity index is 2.02. The van der Waals surface area contributed by atoms with Gasteiger partial charge in [0.05, 0.1) is 11.7 Å². The maximum absolute atomic E-state index is 6.39. The molecular weight excluding hydrogens is 196 g/mol. The van der Waals surface area contributed by atoms with Crippen LogP contribution in [0.3, 0.4) is 0 Å². The number of hydrogen-bond donors (Lipinski definition) is 0. The highest BCUT2D eigenvalue weighted by Crippen LogP contribution is 2.40. The normalized spacial score (nSPS) is 39.0. The highest BCUT2D eigenvalue weighted by Gasteiger charge is 2.37. The van der Waals surface area contributed by atoms with Gasteiger partial charge in [0, 0.05) is 0 Å². The van der Waals surface area contributed by atoms with Gasteiger partial charge < -0.3 is 4.74 Å². The summed E-state index contributed by atoms with van der Waals surface area (Å²) in [6, 6.07) is 0. The van der Waals surface area contributed by atoms with Crippen LogP contribution in [0, 0.1) is 5.92 Å². The van der Waals surface area contributed by atoms with Crippen molar-refractivity contribution in [2.45, 2.75) is 89.8 Å². The van der Waals surface area contributed by atoms with Crippen molar-refractivity contribution >= 4 is 0 Å². The first-order chi connectivity index (χ1) is 7.71. The molecule has 1 nitrogen and oxygen atoms in total. The van der Waals surface area contributed by atoms with Crippen molar-refractivity contribution in [2.24, 2.45) is 5.92 Å². The molecule has 2 fully saturated rings. The Morgan fingerprint density at radius 1 is 0.875 bits per heavy atom. The quantitative estimate of drug-likeness (QED) is 0.587. The molecule has 0 radical (unpaired) electrons. The van der Waals surface area contributed by atoms with Gasteiger partial charge in [-0.15, -0.1) is 0 Å². The minimum absolute atomic E-state index is 0.195. The Bertz CT molecular complexity index is 205. The fourth-order valence-electron chi connectivity index (χ4n) is 3.68. The molecule has 0 aromatic rings. The Morgan fingerprint density at radius 3 is 2.19 bits per heavy atom. The fourth-order valence-corrected chi connectivity index (χ4v) is 3.68. The van der Waals surface area contributed by atoms with Crippen molar-refractivity contribution in [1.82, 2.24) is 0 Å². The molecule has 0 spiro atoms. The first-order valence-corrected chi connectivity index (χ1v) is 7.38. The standard InChI is InChI=1S/C15H28O/c1-13-9-7-8-12-15(2,16-13)14-10-5-3-4-6-11-14/h13-14H,3-12H2,1-2H3. The third-order valence-corrected chi connectivity index (χ3v) is 4.72. The van der Waals surface area contributed by atoms with E-state index < -0.39 is 0 Å². The maximum atomic E-state index is 6.39. The molecule has 0 bridgehead atoms. The molecule has 0 amide bonds. The molecule has 1 saturated carbocycles.